The van der Waals surface area contributed by atoms with Crippen LogP contribution in [0.25, 0.3) is 5.69 Å². The molecule has 188 valence electrons. The number of rotatable bonds is 14. The Kier molecular flexibility index (Phi) is 9.92. The molecule has 7 nitrogen and oxygen atoms in total. The van der Waals surface area contributed by atoms with Crippen molar-refractivity contribution in [3.8, 4) is 17.3 Å². The summed E-state index contributed by atoms with van der Waals surface area (Å²) in [6.07, 6.45) is 0.879. The van der Waals surface area contributed by atoms with E-state index in [4.69, 9.17) is 14.2 Å². The summed E-state index contributed by atoms with van der Waals surface area (Å²) in [6.45, 7) is 7.54. The van der Waals surface area contributed by atoms with Gasteiger partial charge in [-0.1, -0.05) is 18.2 Å². The van der Waals surface area contributed by atoms with E-state index in [1.165, 1.54) is 28.9 Å². The molecule has 0 aliphatic heterocycles. The summed E-state index contributed by atoms with van der Waals surface area (Å²) in [5.41, 5.74) is 1.92. The van der Waals surface area contributed by atoms with Crippen LogP contribution in [-0.2, 0) is 16.0 Å². The van der Waals surface area contributed by atoms with Gasteiger partial charge in [-0.15, -0.1) is 6.58 Å². The second-order valence-corrected chi connectivity index (χ2v) is 8.00. The van der Waals surface area contributed by atoms with Crippen LogP contribution in [0.1, 0.15) is 11.3 Å². The first-order valence-corrected chi connectivity index (χ1v) is 11.3. The number of para-hydroxylation sites is 1. The van der Waals surface area contributed by atoms with E-state index in [0.29, 0.717) is 55.7 Å². The third-order valence-corrected chi connectivity index (χ3v) is 5.26. The fourth-order valence-corrected chi connectivity index (χ4v) is 3.53. The van der Waals surface area contributed by atoms with Gasteiger partial charge in [0.15, 0.2) is 11.6 Å². The minimum atomic E-state index is -0.741. The number of aryl methyl sites for hydroxylation is 1. The Labute approximate surface area is 204 Å². The van der Waals surface area contributed by atoms with E-state index in [1.54, 1.807) is 37.5 Å². The van der Waals surface area contributed by atoms with E-state index in [2.05, 4.69) is 11.7 Å². The third-order valence-electron chi connectivity index (χ3n) is 5.26. The van der Waals surface area contributed by atoms with Crippen LogP contribution in [0.3, 0.4) is 0 Å². The molecule has 1 atom stereocenters. The molecule has 1 aromatic heterocycles. The van der Waals surface area contributed by atoms with Crippen LogP contribution >= 0.6 is 0 Å². The van der Waals surface area contributed by atoms with Crippen LogP contribution in [0.15, 0.2) is 61.2 Å². The summed E-state index contributed by atoms with van der Waals surface area (Å²) in [4.78, 5) is 1.98. The molecule has 0 amide bonds. The van der Waals surface area contributed by atoms with Crippen LogP contribution in [0.2, 0.25) is 0 Å². The average molecular weight is 488 g/mol. The normalized spacial score (nSPS) is 12.2. The minimum Gasteiger partial charge on any atom is -0.435 e. The van der Waals surface area contributed by atoms with Crippen molar-refractivity contribution in [3.63, 3.8) is 0 Å². The molecule has 1 N–H and O–H groups in total. The van der Waals surface area contributed by atoms with Gasteiger partial charge in [0.05, 0.1) is 42.9 Å². The van der Waals surface area contributed by atoms with Gasteiger partial charge in [-0.05, 0) is 43.3 Å². The van der Waals surface area contributed by atoms with Crippen molar-refractivity contribution in [2.45, 2.75) is 19.6 Å². The van der Waals surface area contributed by atoms with Crippen LogP contribution in [-0.4, -0.2) is 65.9 Å². The number of ether oxygens (including phenoxy) is 3. The van der Waals surface area contributed by atoms with Crippen molar-refractivity contribution in [1.82, 2.24) is 14.7 Å². The lowest BCUT2D eigenvalue weighted by atomic mass is 10.2. The van der Waals surface area contributed by atoms with Crippen molar-refractivity contribution in [3.05, 3.63) is 84.1 Å². The van der Waals surface area contributed by atoms with Crippen molar-refractivity contribution >= 4 is 0 Å². The highest BCUT2D eigenvalue weighted by molar-refractivity contribution is 5.43. The van der Waals surface area contributed by atoms with Gasteiger partial charge in [0.2, 0.25) is 5.88 Å². The maximum atomic E-state index is 14.5. The molecule has 0 aliphatic carbocycles. The lowest BCUT2D eigenvalue weighted by Crippen LogP contribution is -2.36. The lowest BCUT2D eigenvalue weighted by Gasteiger charge is -2.25. The second-order valence-electron chi connectivity index (χ2n) is 8.00. The Balaban J connectivity index is 1.95. The molecule has 9 heteroatoms. The van der Waals surface area contributed by atoms with E-state index in [-0.39, 0.29) is 18.2 Å². The summed E-state index contributed by atoms with van der Waals surface area (Å²) in [7, 11) is 1.60. The summed E-state index contributed by atoms with van der Waals surface area (Å²) in [5.74, 6) is -0.556. The number of methoxy groups -OCH3 is 1. The Morgan fingerprint density at radius 1 is 1.17 bits per heavy atom. The molecule has 0 fully saturated rings. The molecule has 2 aromatic carbocycles. The van der Waals surface area contributed by atoms with Crippen LogP contribution in [0.5, 0.6) is 11.6 Å². The van der Waals surface area contributed by atoms with Crippen LogP contribution in [0, 0.1) is 18.6 Å². The number of aromatic nitrogens is 2. The Bertz CT molecular complexity index is 1090. The topological polar surface area (TPSA) is 69.0 Å². The predicted octanol–water partition coefficient (Wildman–Crippen LogP) is 4.26. The van der Waals surface area contributed by atoms with Gasteiger partial charge in [0.25, 0.3) is 0 Å². The summed E-state index contributed by atoms with van der Waals surface area (Å²) < 4.78 is 46.2. The van der Waals surface area contributed by atoms with Gasteiger partial charge in [-0.2, -0.15) is 5.10 Å². The lowest BCUT2D eigenvalue weighted by molar-refractivity contribution is 0.0192. The summed E-state index contributed by atoms with van der Waals surface area (Å²) in [5, 5.41) is 15.1. The zero-order valence-electron chi connectivity index (χ0n) is 20.0. The Morgan fingerprint density at radius 3 is 2.60 bits per heavy atom. The van der Waals surface area contributed by atoms with Gasteiger partial charge in [-0.25, -0.2) is 13.5 Å². The number of hydrogen-bond donors (Lipinski definition) is 1. The molecule has 3 rings (SSSR count). The molecular formula is C26H31F2N3O4. The summed E-state index contributed by atoms with van der Waals surface area (Å²) in [6, 6.07) is 11.9. The highest BCUT2D eigenvalue weighted by atomic mass is 19.1. The van der Waals surface area contributed by atoms with Crippen molar-refractivity contribution in [1.29, 1.82) is 0 Å². The minimum absolute atomic E-state index is 0.0401. The van der Waals surface area contributed by atoms with Gasteiger partial charge in [0, 0.05) is 26.7 Å². The molecule has 0 radical (unpaired) electrons. The largest absolute Gasteiger partial charge is 0.435 e. The highest BCUT2D eigenvalue weighted by Gasteiger charge is 2.23. The van der Waals surface area contributed by atoms with Crippen LogP contribution in [0.4, 0.5) is 8.78 Å². The maximum absolute atomic E-state index is 14.5. The molecule has 0 spiro atoms. The molecule has 0 aliphatic rings. The molecule has 0 unspecified atom stereocenters. The molecule has 0 bridgehead atoms. The van der Waals surface area contributed by atoms with Gasteiger partial charge < -0.3 is 19.3 Å². The zero-order chi connectivity index (χ0) is 25.2. The van der Waals surface area contributed by atoms with E-state index in [0.717, 1.165) is 0 Å². The first-order valence-electron chi connectivity index (χ1n) is 11.3. The fraction of sp³-hybridized carbons (Fsp3) is 0.346. The summed E-state index contributed by atoms with van der Waals surface area (Å²) >= 11 is 0. The predicted molar refractivity (Wildman–Crippen MR) is 129 cm³/mol. The Morgan fingerprint density at radius 2 is 1.91 bits per heavy atom. The number of hydrogen-bond acceptors (Lipinski definition) is 6. The number of aliphatic hydroxyl groups excluding tert-OH is 1. The zero-order valence-corrected chi connectivity index (χ0v) is 20.0. The van der Waals surface area contributed by atoms with Gasteiger partial charge in [-0.3, -0.25) is 4.90 Å². The number of halogens is 2. The SMILES string of the molecule is C=CCOC[C@@H](O)CN(CCOC)Cc1c(C)nn(-c2ccc(F)cc2)c1Oc1ccccc1F. The van der Waals surface area contributed by atoms with Crippen molar-refractivity contribution in [2.75, 3.05) is 40.0 Å². The number of nitrogens with zero attached hydrogens (tertiary/aromatic N) is 3. The fourth-order valence-electron chi connectivity index (χ4n) is 3.53. The number of aliphatic hydroxyl groups is 1. The molecule has 1 heterocycles. The third kappa shape index (κ3) is 7.43. The molecule has 3 aromatic rings. The first kappa shape index (κ1) is 26.5. The number of benzene rings is 2. The van der Waals surface area contributed by atoms with E-state index >= 15 is 0 Å². The van der Waals surface area contributed by atoms with Crippen molar-refractivity contribution < 1.29 is 28.1 Å². The van der Waals surface area contributed by atoms with E-state index in [1.807, 2.05) is 11.8 Å². The molecular weight excluding hydrogens is 456 g/mol. The maximum Gasteiger partial charge on any atom is 0.227 e. The van der Waals surface area contributed by atoms with Gasteiger partial charge in [0.1, 0.15) is 5.82 Å². The highest BCUT2D eigenvalue weighted by Crippen LogP contribution is 2.32. The average Bonchev–Trinajstić information content (AvgIpc) is 3.14. The monoisotopic (exact) mass is 487 g/mol. The molecule has 0 saturated heterocycles. The molecule has 35 heavy (non-hydrogen) atoms. The quantitative estimate of drug-likeness (QED) is 0.271. The van der Waals surface area contributed by atoms with Gasteiger partial charge >= 0.3 is 0 Å². The van der Waals surface area contributed by atoms with E-state index < -0.39 is 11.9 Å². The molecule has 0 saturated carbocycles. The standard InChI is InChI=1S/C26H31F2N3O4/c1-4-14-34-18-22(32)16-30(13-15-33-3)17-23-19(2)29-31(21-11-9-20(27)10-12-21)26(23)35-25-8-6-5-7-24(25)28/h4-12,22,32H,1,13-18H2,2-3H3/t22-/m0/s1. The Hall–Kier alpha value is -3.11. The van der Waals surface area contributed by atoms with E-state index in [9.17, 15) is 13.9 Å². The smallest absolute Gasteiger partial charge is 0.227 e. The first-order chi connectivity index (χ1) is 16.9. The second kappa shape index (κ2) is 13.1. The van der Waals surface area contributed by atoms with Crippen LogP contribution < -0.4 is 4.74 Å². The van der Waals surface area contributed by atoms with Crippen molar-refractivity contribution in [2.24, 2.45) is 0 Å².